The van der Waals surface area contributed by atoms with E-state index in [9.17, 15) is 9.67 Å². The fourth-order valence-corrected chi connectivity index (χ4v) is 3.02. The van der Waals surface area contributed by atoms with Gasteiger partial charge in [-0.05, 0) is 42.5 Å². The molecule has 0 radical (unpaired) electrons. The zero-order valence-corrected chi connectivity index (χ0v) is 14.3. The summed E-state index contributed by atoms with van der Waals surface area (Å²) in [5.41, 5.74) is 1.42. The normalized spacial score (nSPS) is 12.6. The molecule has 120 valence electrons. The topological polar surface area (TPSA) is 65.0 Å². The third-order valence-corrected chi connectivity index (χ3v) is 4.43. The molecule has 0 spiro atoms. The van der Waals surface area contributed by atoms with E-state index >= 15 is 0 Å². The van der Waals surface area contributed by atoms with Crippen molar-refractivity contribution in [1.29, 1.82) is 0 Å². The van der Waals surface area contributed by atoms with Gasteiger partial charge >= 0.3 is 7.82 Å². The van der Waals surface area contributed by atoms with Gasteiger partial charge in [-0.15, -0.1) is 0 Å². The third-order valence-electron chi connectivity index (χ3n) is 2.83. The second-order valence-electron chi connectivity index (χ2n) is 5.66. The molecule has 0 aliphatic heterocycles. The Bertz CT molecular complexity index is 497. The molecular formula is C15H25O5P. The van der Waals surface area contributed by atoms with E-state index in [-0.39, 0.29) is 31.0 Å². The number of rotatable bonds is 7. The summed E-state index contributed by atoms with van der Waals surface area (Å²) in [5.74, 6) is 0.240. The van der Waals surface area contributed by atoms with Crippen molar-refractivity contribution in [2.75, 3.05) is 13.2 Å². The van der Waals surface area contributed by atoms with Crippen molar-refractivity contribution in [1.82, 2.24) is 0 Å². The number of phenolic OH excluding ortho intramolecular Hbond substituents is 1. The van der Waals surface area contributed by atoms with Gasteiger partial charge in [0, 0.05) is 0 Å². The number of phosphoric ester groups is 1. The molecule has 0 amide bonds. The Morgan fingerprint density at radius 3 is 2.14 bits per heavy atom. The quantitative estimate of drug-likeness (QED) is 0.756. The molecule has 1 N–H and O–H groups in total. The molecule has 1 aromatic carbocycles. The first-order valence-electron chi connectivity index (χ1n) is 7.08. The highest BCUT2D eigenvalue weighted by atomic mass is 31.2. The van der Waals surface area contributed by atoms with Crippen molar-refractivity contribution in [2.24, 2.45) is 0 Å². The highest BCUT2D eigenvalue weighted by Crippen LogP contribution is 2.50. The van der Waals surface area contributed by atoms with Gasteiger partial charge in [0.25, 0.3) is 0 Å². The van der Waals surface area contributed by atoms with Crippen LogP contribution in [0.5, 0.6) is 5.75 Å². The summed E-state index contributed by atoms with van der Waals surface area (Å²) < 4.78 is 27.7. The Balaban J connectivity index is 2.86. The molecular weight excluding hydrogens is 291 g/mol. The molecule has 0 unspecified atom stereocenters. The average molecular weight is 316 g/mol. The van der Waals surface area contributed by atoms with Crippen LogP contribution in [0.3, 0.4) is 0 Å². The monoisotopic (exact) mass is 316 g/mol. The summed E-state index contributed by atoms with van der Waals surface area (Å²) in [6.45, 7) is 10.1. The van der Waals surface area contributed by atoms with Crippen LogP contribution in [0, 0.1) is 0 Å². The van der Waals surface area contributed by atoms with Crippen LogP contribution in [0.4, 0.5) is 0 Å². The summed E-state index contributed by atoms with van der Waals surface area (Å²) in [5, 5.41) is 9.92. The average Bonchev–Trinajstić information content (AvgIpc) is 2.37. The predicted molar refractivity (Wildman–Crippen MR) is 82.5 cm³/mol. The fourth-order valence-electron chi connectivity index (χ4n) is 1.86. The molecule has 6 heteroatoms. The Hall–Kier alpha value is -0.870. The van der Waals surface area contributed by atoms with Crippen LogP contribution in [0.1, 0.15) is 45.7 Å². The maximum Gasteiger partial charge on any atom is 0.475 e. The number of hydrogen-bond acceptors (Lipinski definition) is 5. The van der Waals surface area contributed by atoms with Crippen LogP contribution < -0.4 is 0 Å². The molecule has 21 heavy (non-hydrogen) atoms. The number of aromatic hydroxyl groups is 1. The first-order valence-corrected chi connectivity index (χ1v) is 8.54. The van der Waals surface area contributed by atoms with Gasteiger partial charge in [-0.1, -0.05) is 26.8 Å². The van der Waals surface area contributed by atoms with E-state index < -0.39 is 7.82 Å². The largest absolute Gasteiger partial charge is 0.508 e. The van der Waals surface area contributed by atoms with Crippen LogP contribution in [0.25, 0.3) is 0 Å². The molecule has 5 nitrogen and oxygen atoms in total. The van der Waals surface area contributed by atoms with Gasteiger partial charge in [0.05, 0.1) is 19.8 Å². The highest BCUT2D eigenvalue weighted by Gasteiger charge is 2.26. The third kappa shape index (κ3) is 5.44. The Morgan fingerprint density at radius 2 is 1.67 bits per heavy atom. The van der Waals surface area contributed by atoms with Gasteiger partial charge in [0.1, 0.15) is 5.75 Å². The molecule has 0 heterocycles. The fraction of sp³-hybridized carbons (Fsp3) is 0.600. The van der Waals surface area contributed by atoms with Gasteiger partial charge < -0.3 is 5.11 Å². The van der Waals surface area contributed by atoms with Crippen molar-refractivity contribution in [3.8, 4) is 5.75 Å². The standard InChI is InChI=1S/C15H25O5P/c1-6-18-21(17,19-7-2)20-11-12-8-9-14(16)13(10-12)15(3,4)5/h8-10,16H,6-7,11H2,1-5H3. The number of hydrogen-bond donors (Lipinski definition) is 1. The first kappa shape index (κ1) is 18.2. The molecule has 0 aliphatic carbocycles. The van der Waals surface area contributed by atoms with E-state index in [2.05, 4.69) is 0 Å². The van der Waals surface area contributed by atoms with Crippen LogP contribution >= 0.6 is 7.82 Å². The summed E-state index contributed by atoms with van der Waals surface area (Å²) >= 11 is 0. The molecule has 1 aromatic rings. The summed E-state index contributed by atoms with van der Waals surface area (Å²) in [7, 11) is -3.51. The van der Waals surface area contributed by atoms with Gasteiger partial charge in [0.15, 0.2) is 0 Å². The van der Waals surface area contributed by atoms with Crippen molar-refractivity contribution >= 4 is 7.82 Å². The summed E-state index contributed by atoms with van der Waals surface area (Å²) in [4.78, 5) is 0. The van der Waals surface area contributed by atoms with E-state index in [0.717, 1.165) is 11.1 Å². The Kier molecular flexibility index (Phi) is 6.41. The van der Waals surface area contributed by atoms with E-state index in [1.54, 1.807) is 26.0 Å². The van der Waals surface area contributed by atoms with E-state index in [0.29, 0.717) is 0 Å². The molecule has 0 atom stereocenters. The number of benzene rings is 1. The SMILES string of the molecule is CCOP(=O)(OCC)OCc1ccc(O)c(C(C)(C)C)c1. The molecule has 0 saturated carbocycles. The van der Waals surface area contributed by atoms with Gasteiger partial charge in [-0.2, -0.15) is 0 Å². The van der Waals surface area contributed by atoms with Crippen molar-refractivity contribution < 1.29 is 23.2 Å². The maximum absolute atomic E-state index is 12.2. The first-order chi connectivity index (χ1) is 9.72. The molecule has 0 saturated heterocycles. The highest BCUT2D eigenvalue weighted by molar-refractivity contribution is 7.48. The van der Waals surface area contributed by atoms with Crippen LogP contribution in [0.15, 0.2) is 18.2 Å². The lowest BCUT2D eigenvalue weighted by molar-refractivity contribution is 0.116. The maximum atomic E-state index is 12.2. The van der Waals surface area contributed by atoms with E-state index in [1.165, 1.54) is 0 Å². The van der Waals surface area contributed by atoms with E-state index in [1.807, 2.05) is 26.8 Å². The van der Waals surface area contributed by atoms with Crippen LogP contribution in [-0.4, -0.2) is 18.3 Å². The lowest BCUT2D eigenvalue weighted by atomic mass is 9.85. The van der Waals surface area contributed by atoms with Crippen molar-refractivity contribution in [3.63, 3.8) is 0 Å². The summed E-state index contributed by atoms with van der Waals surface area (Å²) in [6.07, 6.45) is 0. The van der Waals surface area contributed by atoms with Crippen LogP contribution in [0.2, 0.25) is 0 Å². The number of phenols is 1. The molecule has 0 aromatic heterocycles. The van der Waals surface area contributed by atoms with Gasteiger partial charge in [-0.3, -0.25) is 13.6 Å². The van der Waals surface area contributed by atoms with Crippen molar-refractivity contribution in [2.45, 2.75) is 46.6 Å². The minimum absolute atomic E-state index is 0.0979. The zero-order chi connectivity index (χ0) is 16.1. The van der Waals surface area contributed by atoms with Gasteiger partial charge in [0.2, 0.25) is 0 Å². The number of phosphoric acid groups is 1. The molecule has 0 bridgehead atoms. The lowest BCUT2D eigenvalue weighted by Crippen LogP contribution is -2.12. The predicted octanol–water partition coefficient (Wildman–Crippen LogP) is 4.39. The van der Waals surface area contributed by atoms with E-state index in [4.69, 9.17) is 13.6 Å². The van der Waals surface area contributed by atoms with Crippen molar-refractivity contribution in [3.05, 3.63) is 29.3 Å². The second-order valence-corrected chi connectivity index (χ2v) is 7.33. The summed E-state index contributed by atoms with van der Waals surface area (Å²) in [6, 6.07) is 5.19. The second kappa shape index (κ2) is 7.41. The molecule has 1 rings (SSSR count). The zero-order valence-electron chi connectivity index (χ0n) is 13.4. The van der Waals surface area contributed by atoms with Crippen LogP contribution in [-0.2, 0) is 30.2 Å². The molecule has 0 fully saturated rings. The minimum Gasteiger partial charge on any atom is -0.508 e. The lowest BCUT2D eigenvalue weighted by Gasteiger charge is -2.22. The Labute approximate surface area is 126 Å². The minimum atomic E-state index is -3.51. The Morgan fingerprint density at radius 1 is 1.10 bits per heavy atom. The molecule has 0 aliphatic rings. The van der Waals surface area contributed by atoms with Gasteiger partial charge in [-0.25, -0.2) is 4.57 Å². The smallest absolute Gasteiger partial charge is 0.475 e.